The molecule has 0 aliphatic carbocycles. The molecule has 1 saturated heterocycles. The van der Waals surface area contributed by atoms with E-state index in [-0.39, 0.29) is 6.10 Å². The molecular weight excluding hydrogens is 154 g/mol. The molecule has 1 heterocycles. The molecule has 0 aromatic carbocycles. The van der Waals surface area contributed by atoms with Crippen molar-refractivity contribution >= 4 is 0 Å². The van der Waals surface area contributed by atoms with Crippen LogP contribution in [0.4, 0.5) is 0 Å². The van der Waals surface area contributed by atoms with Gasteiger partial charge in [0.05, 0.1) is 12.7 Å². The molecule has 0 aromatic heterocycles. The molecule has 0 amide bonds. The minimum Gasteiger partial charge on any atom is -0.392 e. The third kappa shape index (κ3) is 2.44. The van der Waals surface area contributed by atoms with E-state index in [2.05, 4.69) is 11.8 Å². The standard InChI is InChI=1S/C9H19NO2/c1-3-8-6-9(11)7-10(8)4-5-12-2/h8-9,11H,3-7H2,1-2H3/t8-,9+/m1/s1. The van der Waals surface area contributed by atoms with Crippen LogP contribution in [-0.2, 0) is 4.74 Å². The SMILES string of the molecule is CC[C@@H]1C[C@H](O)CN1CCOC. The first-order chi connectivity index (χ1) is 5.77. The largest absolute Gasteiger partial charge is 0.392 e. The minimum atomic E-state index is -0.119. The van der Waals surface area contributed by atoms with Crippen LogP contribution in [0, 0.1) is 0 Å². The summed E-state index contributed by atoms with van der Waals surface area (Å²) >= 11 is 0. The zero-order chi connectivity index (χ0) is 8.97. The highest BCUT2D eigenvalue weighted by Gasteiger charge is 2.28. The fourth-order valence-electron chi connectivity index (χ4n) is 1.86. The van der Waals surface area contributed by atoms with Gasteiger partial charge in [0, 0.05) is 26.2 Å². The van der Waals surface area contributed by atoms with Gasteiger partial charge in [0.2, 0.25) is 0 Å². The summed E-state index contributed by atoms with van der Waals surface area (Å²) in [5.41, 5.74) is 0. The number of hydrogen-bond acceptors (Lipinski definition) is 3. The Hall–Kier alpha value is -0.120. The van der Waals surface area contributed by atoms with Crippen molar-refractivity contribution in [1.29, 1.82) is 0 Å². The van der Waals surface area contributed by atoms with E-state index in [1.54, 1.807) is 7.11 Å². The molecule has 0 radical (unpaired) electrons. The predicted octanol–water partition coefficient (Wildman–Crippen LogP) is 0.478. The molecule has 0 unspecified atom stereocenters. The van der Waals surface area contributed by atoms with Gasteiger partial charge < -0.3 is 9.84 Å². The molecule has 0 spiro atoms. The second kappa shape index (κ2) is 4.80. The maximum atomic E-state index is 9.42. The van der Waals surface area contributed by atoms with Gasteiger partial charge in [0.25, 0.3) is 0 Å². The normalized spacial score (nSPS) is 31.2. The number of hydrogen-bond donors (Lipinski definition) is 1. The Morgan fingerprint density at radius 3 is 2.92 bits per heavy atom. The van der Waals surface area contributed by atoms with Crippen LogP contribution < -0.4 is 0 Å². The van der Waals surface area contributed by atoms with E-state index < -0.39 is 0 Å². The Balaban J connectivity index is 2.30. The number of β-amino-alcohol motifs (C(OH)–C–C–N with tert-alkyl or cyclic N) is 1. The van der Waals surface area contributed by atoms with E-state index in [9.17, 15) is 5.11 Å². The number of aliphatic hydroxyl groups is 1. The average molecular weight is 173 g/mol. The molecule has 1 aliphatic rings. The highest BCUT2D eigenvalue weighted by atomic mass is 16.5. The lowest BCUT2D eigenvalue weighted by atomic mass is 10.1. The average Bonchev–Trinajstić information content (AvgIpc) is 2.42. The van der Waals surface area contributed by atoms with E-state index in [0.29, 0.717) is 6.04 Å². The van der Waals surface area contributed by atoms with Crippen molar-refractivity contribution < 1.29 is 9.84 Å². The fourth-order valence-corrected chi connectivity index (χ4v) is 1.86. The lowest BCUT2D eigenvalue weighted by Gasteiger charge is -2.21. The predicted molar refractivity (Wildman–Crippen MR) is 48.2 cm³/mol. The summed E-state index contributed by atoms with van der Waals surface area (Å²) in [7, 11) is 1.72. The molecule has 1 fully saturated rings. The van der Waals surface area contributed by atoms with Gasteiger partial charge in [-0.25, -0.2) is 0 Å². The minimum absolute atomic E-state index is 0.119. The number of likely N-dealkylation sites (tertiary alicyclic amines) is 1. The Morgan fingerprint density at radius 1 is 1.58 bits per heavy atom. The molecule has 0 bridgehead atoms. The van der Waals surface area contributed by atoms with Crippen molar-refractivity contribution in [1.82, 2.24) is 4.90 Å². The quantitative estimate of drug-likeness (QED) is 0.671. The Kier molecular flexibility index (Phi) is 3.98. The maximum Gasteiger partial charge on any atom is 0.0682 e. The molecule has 1 N–H and O–H groups in total. The van der Waals surface area contributed by atoms with Crippen molar-refractivity contribution in [3.05, 3.63) is 0 Å². The van der Waals surface area contributed by atoms with Crippen molar-refractivity contribution in [3.8, 4) is 0 Å². The summed E-state index contributed by atoms with van der Waals surface area (Å²) < 4.78 is 5.01. The molecule has 1 aliphatic heterocycles. The Labute approximate surface area is 74.3 Å². The highest BCUT2D eigenvalue weighted by molar-refractivity contribution is 4.83. The van der Waals surface area contributed by atoms with Crippen LogP contribution in [0.15, 0.2) is 0 Å². The summed E-state index contributed by atoms with van der Waals surface area (Å²) in [6, 6.07) is 0.565. The van der Waals surface area contributed by atoms with E-state index in [1.807, 2.05) is 0 Å². The summed E-state index contributed by atoms with van der Waals surface area (Å²) in [5.74, 6) is 0. The van der Waals surface area contributed by atoms with Crippen molar-refractivity contribution in [3.63, 3.8) is 0 Å². The van der Waals surface area contributed by atoms with Gasteiger partial charge in [0.1, 0.15) is 0 Å². The number of aliphatic hydroxyl groups excluding tert-OH is 1. The van der Waals surface area contributed by atoms with E-state index in [0.717, 1.165) is 32.5 Å². The molecule has 0 aromatic rings. The molecule has 3 heteroatoms. The molecule has 72 valence electrons. The summed E-state index contributed by atoms with van der Waals surface area (Å²) in [4.78, 5) is 2.31. The first-order valence-corrected chi connectivity index (χ1v) is 4.69. The van der Waals surface area contributed by atoms with Crippen molar-refractivity contribution in [2.45, 2.75) is 31.9 Å². The van der Waals surface area contributed by atoms with E-state index in [1.165, 1.54) is 0 Å². The van der Waals surface area contributed by atoms with Crippen molar-refractivity contribution in [2.24, 2.45) is 0 Å². The van der Waals surface area contributed by atoms with Gasteiger partial charge in [-0.15, -0.1) is 0 Å². The summed E-state index contributed by atoms with van der Waals surface area (Å²) in [6.45, 7) is 4.71. The van der Waals surface area contributed by atoms with Gasteiger partial charge >= 0.3 is 0 Å². The zero-order valence-corrected chi connectivity index (χ0v) is 7.99. The third-order valence-corrected chi connectivity index (χ3v) is 2.56. The number of ether oxygens (including phenoxy) is 1. The second-order valence-corrected chi connectivity index (χ2v) is 3.44. The van der Waals surface area contributed by atoms with Gasteiger partial charge in [-0.2, -0.15) is 0 Å². The highest BCUT2D eigenvalue weighted by Crippen LogP contribution is 2.19. The van der Waals surface area contributed by atoms with E-state index in [4.69, 9.17) is 4.74 Å². The fraction of sp³-hybridized carbons (Fsp3) is 1.00. The summed E-state index contributed by atoms with van der Waals surface area (Å²) in [5, 5.41) is 9.42. The lowest BCUT2D eigenvalue weighted by molar-refractivity contribution is 0.129. The van der Waals surface area contributed by atoms with Crippen LogP contribution in [0.1, 0.15) is 19.8 Å². The monoisotopic (exact) mass is 173 g/mol. The smallest absolute Gasteiger partial charge is 0.0682 e. The number of nitrogens with zero attached hydrogens (tertiary/aromatic N) is 1. The van der Waals surface area contributed by atoms with Crippen LogP contribution in [0.5, 0.6) is 0 Å². The molecule has 1 rings (SSSR count). The van der Waals surface area contributed by atoms with Gasteiger partial charge in [-0.3, -0.25) is 4.90 Å². The first-order valence-electron chi connectivity index (χ1n) is 4.69. The number of methoxy groups -OCH3 is 1. The lowest BCUT2D eigenvalue weighted by Crippen LogP contribution is -2.32. The van der Waals surface area contributed by atoms with Gasteiger partial charge in [-0.05, 0) is 12.8 Å². The topological polar surface area (TPSA) is 32.7 Å². The molecule has 2 atom stereocenters. The van der Waals surface area contributed by atoms with Crippen molar-refractivity contribution in [2.75, 3.05) is 26.8 Å². The Morgan fingerprint density at radius 2 is 2.33 bits per heavy atom. The van der Waals surface area contributed by atoms with Crippen LogP contribution in [0.25, 0.3) is 0 Å². The molecule has 0 saturated carbocycles. The van der Waals surface area contributed by atoms with Gasteiger partial charge in [0.15, 0.2) is 0 Å². The molecule has 3 nitrogen and oxygen atoms in total. The van der Waals surface area contributed by atoms with Gasteiger partial charge in [-0.1, -0.05) is 6.92 Å². The zero-order valence-electron chi connectivity index (χ0n) is 7.99. The second-order valence-electron chi connectivity index (χ2n) is 3.44. The first kappa shape index (κ1) is 9.96. The third-order valence-electron chi connectivity index (χ3n) is 2.56. The van der Waals surface area contributed by atoms with Crippen LogP contribution >= 0.6 is 0 Å². The van der Waals surface area contributed by atoms with E-state index >= 15 is 0 Å². The molecular formula is C9H19NO2. The van der Waals surface area contributed by atoms with Crippen LogP contribution in [-0.4, -0.2) is 49.0 Å². The number of rotatable bonds is 4. The summed E-state index contributed by atoms with van der Waals surface area (Å²) in [6.07, 6.45) is 1.94. The maximum absolute atomic E-state index is 9.42. The Bertz CT molecular complexity index is 130. The molecule has 12 heavy (non-hydrogen) atoms. The van der Waals surface area contributed by atoms with Crippen LogP contribution in [0.3, 0.4) is 0 Å². The van der Waals surface area contributed by atoms with Crippen LogP contribution in [0.2, 0.25) is 0 Å².